The van der Waals surface area contributed by atoms with Gasteiger partial charge in [0.15, 0.2) is 0 Å². The lowest BCUT2D eigenvalue weighted by Gasteiger charge is -2.32. The van der Waals surface area contributed by atoms with Gasteiger partial charge in [0, 0.05) is 31.5 Å². The smallest absolute Gasteiger partial charge is 0.257 e. The molecule has 0 unspecified atom stereocenters. The highest BCUT2D eigenvalue weighted by atomic mass is 16.5. The molecule has 0 aliphatic carbocycles. The maximum absolute atomic E-state index is 12.9. The minimum absolute atomic E-state index is 0.00450. The largest absolute Gasteiger partial charge is 0.472 e. The molecule has 1 aliphatic heterocycles. The third kappa shape index (κ3) is 3.48. The maximum Gasteiger partial charge on any atom is 0.257 e. The van der Waals surface area contributed by atoms with Crippen molar-refractivity contribution in [3.05, 3.63) is 40.8 Å². The van der Waals surface area contributed by atoms with Gasteiger partial charge in [0.1, 0.15) is 6.10 Å². The van der Waals surface area contributed by atoms with Crippen LogP contribution in [-0.2, 0) is 7.05 Å². The lowest BCUT2D eigenvalue weighted by molar-refractivity contribution is 0.0526. The monoisotopic (exact) mass is 339 g/mol. The van der Waals surface area contributed by atoms with Crippen LogP contribution in [0.25, 0.3) is 0 Å². The topological polar surface area (TPSA) is 84.0 Å². The van der Waals surface area contributed by atoms with Crippen molar-refractivity contribution in [3.63, 3.8) is 0 Å². The summed E-state index contributed by atoms with van der Waals surface area (Å²) in [6.45, 7) is 4.97. The number of hydrogen-bond acceptors (Lipinski definition) is 5. The third-order valence-corrected chi connectivity index (χ3v) is 4.54. The standard InChI is InChI=1S/C18H21N5O2/c1-12-17(13(2)22(3)21-12)18(24)23-8-4-5-15(11-23)25-16-9-14(10-19)6-7-20-16/h6-7,9,15H,4-5,8,11H2,1-3H3/t15-/m1/s1. The van der Waals surface area contributed by atoms with Crippen LogP contribution in [-0.4, -0.2) is 44.8 Å². The molecule has 1 saturated heterocycles. The molecule has 3 heterocycles. The van der Waals surface area contributed by atoms with Gasteiger partial charge in [-0.3, -0.25) is 9.48 Å². The molecule has 130 valence electrons. The van der Waals surface area contributed by atoms with Gasteiger partial charge in [0.25, 0.3) is 5.91 Å². The zero-order valence-electron chi connectivity index (χ0n) is 14.7. The highest BCUT2D eigenvalue weighted by molar-refractivity contribution is 5.96. The Labute approximate surface area is 146 Å². The number of nitriles is 1. The number of nitrogens with zero attached hydrogens (tertiary/aromatic N) is 5. The molecule has 1 atom stereocenters. The second-order valence-corrected chi connectivity index (χ2v) is 6.30. The van der Waals surface area contributed by atoms with Crippen molar-refractivity contribution in [1.82, 2.24) is 19.7 Å². The summed E-state index contributed by atoms with van der Waals surface area (Å²) >= 11 is 0. The Morgan fingerprint density at radius 3 is 2.92 bits per heavy atom. The second-order valence-electron chi connectivity index (χ2n) is 6.30. The Bertz CT molecular complexity index is 836. The van der Waals surface area contributed by atoms with E-state index in [9.17, 15) is 4.79 Å². The Morgan fingerprint density at radius 2 is 2.24 bits per heavy atom. The fraction of sp³-hybridized carbons (Fsp3) is 0.444. The predicted octanol–water partition coefficient (Wildman–Crippen LogP) is 1.99. The third-order valence-electron chi connectivity index (χ3n) is 4.54. The number of aryl methyl sites for hydroxylation is 2. The molecular formula is C18H21N5O2. The zero-order chi connectivity index (χ0) is 18.0. The number of hydrogen-bond donors (Lipinski definition) is 0. The molecule has 0 aromatic carbocycles. The molecule has 1 amide bonds. The first-order valence-electron chi connectivity index (χ1n) is 8.32. The van der Waals surface area contributed by atoms with Gasteiger partial charge in [-0.05, 0) is 32.8 Å². The van der Waals surface area contributed by atoms with E-state index in [1.54, 1.807) is 23.0 Å². The summed E-state index contributed by atoms with van der Waals surface area (Å²) in [5, 5.41) is 13.3. The molecule has 2 aromatic rings. The number of amides is 1. The van der Waals surface area contributed by atoms with Crippen molar-refractivity contribution in [2.45, 2.75) is 32.8 Å². The van der Waals surface area contributed by atoms with Crippen molar-refractivity contribution in [3.8, 4) is 11.9 Å². The zero-order valence-corrected chi connectivity index (χ0v) is 14.7. The first-order valence-corrected chi connectivity index (χ1v) is 8.32. The van der Waals surface area contributed by atoms with Crippen LogP contribution in [0.15, 0.2) is 18.3 Å². The van der Waals surface area contributed by atoms with Crippen LogP contribution in [0.4, 0.5) is 0 Å². The Kier molecular flexibility index (Phi) is 4.70. The van der Waals surface area contributed by atoms with Crippen molar-refractivity contribution in [1.29, 1.82) is 5.26 Å². The highest BCUT2D eigenvalue weighted by Gasteiger charge is 2.29. The Hall–Kier alpha value is -2.88. The minimum atomic E-state index is -0.128. The normalized spacial score (nSPS) is 17.2. The Morgan fingerprint density at radius 1 is 1.44 bits per heavy atom. The predicted molar refractivity (Wildman–Crippen MR) is 91.2 cm³/mol. The molecular weight excluding hydrogens is 318 g/mol. The summed E-state index contributed by atoms with van der Waals surface area (Å²) in [5.41, 5.74) is 2.80. The highest BCUT2D eigenvalue weighted by Crippen LogP contribution is 2.21. The number of likely N-dealkylation sites (tertiary alicyclic amines) is 1. The molecule has 25 heavy (non-hydrogen) atoms. The molecule has 1 fully saturated rings. The van der Waals surface area contributed by atoms with Gasteiger partial charge in [-0.2, -0.15) is 10.4 Å². The van der Waals surface area contributed by atoms with Crippen LogP contribution in [0.2, 0.25) is 0 Å². The van der Waals surface area contributed by atoms with E-state index < -0.39 is 0 Å². The summed E-state index contributed by atoms with van der Waals surface area (Å²) in [4.78, 5) is 18.9. The number of rotatable bonds is 3. The minimum Gasteiger partial charge on any atom is -0.472 e. The fourth-order valence-electron chi connectivity index (χ4n) is 3.17. The lowest BCUT2D eigenvalue weighted by Crippen LogP contribution is -2.44. The van der Waals surface area contributed by atoms with Crippen LogP contribution in [0.3, 0.4) is 0 Å². The molecule has 3 rings (SSSR count). The first kappa shape index (κ1) is 17.0. The van der Waals surface area contributed by atoms with Gasteiger partial charge in [-0.15, -0.1) is 0 Å². The van der Waals surface area contributed by atoms with Crippen molar-refractivity contribution < 1.29 is 9.53 Å². The van der Waals surface area contributed by atoms with E-state index in [1.807, 2.05) is 25.8 Å². The molecule has 0 N–H and O–H groups in total. The van der Waals surface area contributed by atoms with Crippen LogP contribution in [0, 0.1) is 25.2 Å². The molecule has 0 spiro atoms. The molecule has 0 bridgehead atoms. The molecule has 0 saturated carbocycles. The lowest BCUT2D eigenvalue weighted by atomic mass is 10.1. The summed E-state index contributed by atoms with van der Waals surface area (Å²) in [6, 6.07) is 5.33. The van der Waals surface area contributed by atoms with Gasteiger partial charge in [0.2, 0.25) is 5.88 Å². The quantitative estimate of drug-likeness (QED) is 0.854. The number of pyridine rings is 1. The molecule has 2 aromatic heterocycles. The SMILES string of the molecule is Cc1nn(C)c(C)c1C(=O)N1CCC[C@@H](Oc2cc(C#N)ccn2)C1. The van der Waals surface area contributed by atoms with E-state index in [-0.39, 0.29) is 12.0 Å². The van der Waals surface area contributed by atoms with Crippen molar-refractivity contribution in [2.75, 3.05) is 13.1 Å². The van der Waals surface area contributed by atoms with Gasteiger partial charge < -0.3 is 9.64 Å². The van der Waals surface area contributed by atoms with Crippen molar-refractivity contribution in [2.24, 2.45) is 7.05 Å². The number of aromatic nitrogens is 3. The van der Waals surface area contributed by atoms with Gasteiger partial charge in [-0.25, -0.2) is 4.98 Å². The van der Waals surface area contributed by atoms with Crippen molar-refractivity contribution >= 4 is 5.91 Å². The number of carbonyl (C=O) groups is 1. The van der Waals surface area contributed by atoms with E-state index in [4.69, 9.17) is 10.00 Å². The molecule has 7 nitrogen and oxygen atoms in total. The van der Waals surface area contributed by atoms with E-state index in [0.717, 1.165) is 24.2 Å². The van der Waals surface area contributed by atoms with Crippen LogP contribution >= 0.6 is 0 Å². The molecule has 0 radical (unpaired) electrons. The van der Waals surface area contributed by atoms with Gasteiger partial charge >= 0.3 is 0 Å². The first-order chi connectivity index (χ1) is 12.0. The number of carbonyl (C=O) groups excluding carboxylic acids is 1. The summed E-state index contributed by atoms with van der Waals surface area (Å²) in [5.74, 6) is 0.419. The number of piperidine rings is 1. The average Bonchev–Trinajstić information content (AvgIpc) is 2.87. The van der Waals surface area contributed by atoms with Crippen LogP contribution < -0.4 is 4.74 Å². The van der Waals surface area contributed by atoms with Gasteiger partial charge in [0.05, 0.1) is 29.4 Å². The summed E-state index contributed by atoms with van der Waals surface area (Å²) in [6.07, 6.45) is 3.15. The maximum atomic E-state index is 12.9. The van der Waals surface area contributed by atoms with Crippen LogP contribution in [0.1, 0.15) is 40.2 Å². The average molecular weight is 339 g/mol. The van der Waals surface area contributed by atoms with Gasteiger partial charge in [-0.1, -0.05) is 0 Å². The second kappa shape index (κ2) is 6.93. The van der Waals surface area contributed by atoms with E-state index in [1.165, 1.54) is 0 Å². The van der Waals surface area contributed by atoms with E-state index in [0.29, 0.717) is 30.1 Å². The van der Waals surface area contributed by atoms with Crippen LogP contribution in [0.5, 0.6) is 5.88 Å². The molecule has 7 heteroatoms. The van der Waals surface area contributed by atoms with E-state index >= 15 is 0 Å². The molecule has 1 aliphatic rings. The number of ether oxygens (including phenoxy) is 1. The fourth-order valence-corrected chi connectivity index (χ4v) is 3.17. The summed E-state index contributed by atoms with van der Waals surface area (Å²) in [7, 11) is 1.84. The Balaban J connectivity index is 1.72. The van der Waals surface area contributed by atoms with E-state index in [2.05, 4.69) is 16.2 Å². The summed E-state index contributed by atoms with van der Waals surface area (Å²) < 4.78 is 7.64.